The Hall–Kier alpha value is -2.72. The summed E-state index contributed by atoms with van der Waals surface area (Å²) in [5.41, 5.74) is 3.85. The van der Waals surface area contributed by atoms with Gasteiger partial charge >= 0.3 is 0 Å². The average Bonchev–Trinajstić information content (AvgIpc) is 2.78. The van der Waals surface area contributed by atoms with Crippen molar-refractivity contribution in [3.05, 3.63) is 72.3 Å². The molecule has 0 fully saturated rings. The maximum absolute atomic E-state index is 10.1. The zero-order chi connectivity index (χ0) is 13.8. The van der Waals surface area contributed by atoms with Crippen LogP contribution in [-0.4, -0.2) is 5.11 Å². The normalized spacial score (nSPS) is 13.1. The molecule has 0 unspecified atom stereocenters. The third-order valence-corrected chi connectivity index (χ3v) is 3.24. The van der Waals surface area contributed by atoms with Crippen LogP contribution in [0, 0.1) is 11.8 Å². The van der Waals surface area contributed by atoms with Gasteiger partial charge in [-0.05, 0) is 29.3 Å². The van der Waals surface area contributed by atoms with E-state index in [1.165, 1.54) is 0 Å². The zero-order valence-electron chi connectivity index (χ0n) is 11.0. The highest BCUT2D eigenvalue weighted by molar-refractivity contribution is 5.85. The van der Waals surface area contributed by atoms with Crippen molar-refractivity contribution >= 4 is 5.57 Å². The highest BCUT2D eigenvalue weighted by Crippen LogP contribution is 2.30. The molecule has 0 atom stereocenters. The van der Waals surface area contributed by atoms with E-state index in [1.54, 1.807) is 6.07 Å². The van der Waals surface area contributed by atoms with Crippen LogP contribution in [0.1, 0.15) is 12.0 Å². The number of phenols is 1. The van der Waals surface area contributed by atoms with E-state index in [0.29, 0.717) is 0 Å². The van der Waals surface area contributed by atoms with E-state index in [1.807, 2.05) is 48.6 Å². The van der Waals surface area contributed by atoms with Gasteiger partial charge in [-0.15, -0.1) is 0 Å². The molecule has 0 saturated carbocycles. The van der Waals surface area contributed by atoms with E-state index in [2.05, 4.69) is 24.0 Å². The fraction of sp³-hybridized carbons (Fsp3) is 0.0526. The number of phenolic OH excluding ortho intramolecular Hbond substituents is 1. The van der Waals surface area contributed by atoms with Gasteiger partial charge in [-0.3, -0.25) is 0 Å². The lowest BCUT2D eigenvalue weighted by Crippen LogP contribution is -1.85. The van der Waals surface area contributed by atoms with Crippen LogP contribution in [0.5, 0.6) is 5.75 Å². The van der Waals surface area contributed by atoms with Gasteiger partial charge in [0.05, 0.1) is 0 Å². The topological polar surface area (TPSA) is 20.2 Å². The monoisotopic (exact) mass is 258 g/mol. The number of rotatable bonds is 2. The summed E-state index contributed by atoms with van der Waals surface area (Å²) in [6, 6.07) is 15.8. The predicted molar refractivity (Wildman–Crippen MR) is 83.1 cm³/mol. The Bertz CT molecular complexity index is 740. The Morgan fingerprint density at radius 1 is 0.950 bits per heavy atom. The molecule has 1 nitrogen and oxygen atoms in total. The van der Waals surface area contributed by atoms with Crippen LogP contribution in [0.4, 0.5) is 0 Å². The average molecular weight is 258 g/mol. The van der Waals surface area contributed by atoms with E-state index in [0.717, 1.165) is 28.7 Å². The summed E-state index contributed by atoms with van der Waals surface area (Å²) in [4.78, 5) is 0. The Labute approximate surface area is 118 Å². The highest BCUT2D eigenvalue weighted by atomic mass is 16.3. The van der Waals surface area contributed by atoms with Crippen LogP contribution >= 0.6 is 0 Å². The molecule has 2 aromatic carbocycles. The van der Waals surface area contributed by atoms with Crippen molar-refractivity contribution in [2.24, 2.45) is 0 Å². The van der Waals surface area contributed by atoms with Crippen LogP contribution < -0.4 is 0 Å². The van der Waals surface area contributed by atoms with Crippen molar-refractivity contribution in [1.29, 1.82) is 0 Å². The Morgan fingerprint density at radius 2 is 1.80 bits per heavy atom. The van der Waals surface area contributed by atoms with E-state index in [9.17, 15) is 5.11 Å². The van der Waals surface area contributed by atoms with Gasteiger partial charge in [0.25, 0.3) is 0 Å². The van der Waals surface area contributed by atoms with Gasteiger partial charge in [-0.2, -0.15) is 0 Å². The minimum atomic E-state index is 0.264. The molecule has 0 saturated heterocycles. The lowest BCUT2D eigenvalue weighted by atomic mass is 9.98. The van der Waals surface area contributed by atoms with Crippen molar-refractivity contribution in [3.8, 4) is 28.7 Å². The van der Waals surface area contributed by atoms with E-state index in [4.69, 9.17) is 0 Å². The second-order valence-electron chi connectivity index (χ2n) is 4.61. The molecule has 20 heavy (non-hydrogen) atoms. The predicted octanol–water partition coefficient (Wildman–Crippen LogP) is 4.41. The van der Waals surface area contributed by atoms with E-state index in [-0.39, 0.29) is 5.75 Å². The van der Waals surface area contributed by atoms with Gasteiger partial charge in [0.1, 0.15) is 5.75 Å². The quantitative estimate of drug-likeness (QED) is 0.791. The minimum Gasteiger partial charge on any atom is -0.507 e. The molecule has 0 radical (unpaired) electrons. The molecule has 3 rings (SSSR count). The fourth-order valence-electron chi connectivity index (χ4n) is 2.20. The van der Waals surface area contributed by atoms with Gasteiger partial charge in [-0.1, -0.05) is 60.4 Å². The molecule has 0 aromatic heterocycles. The summed E-state index contributed by atoms with van der Waals surface area (Å²) in [6.07, 6.45) is 6.68. The molecule has 1 N–H and O–H groups in total. The molecule has 96 valence electrons. The Balaban J connectivity index is 2.09. The molecule has 2 aromatic rings. The first-order chi connectivity index (χ1) is 9.84. The first kappa shape index (κ1) is 12.3. The molecule has 1 aliphatic rings. The fourth-order valence-corrected chi connectivity index (χ4v) is 2.20. The van der Waals surface area contributed by atoms with Gasteiger partial charge in [0.15, 0.2) is 0 Å². The van der Waals surface area contributed by atoms with Crippen LogP contribution in [0.3, 0.4) is 0 Å². The first-order valence-electron chi connectivity index (χ1n) is 6.59. The molecule has 0 aliphatic heterocycles. The lowest BCUT2D eigenvalue weighted by molar-refractivity contribution is 0.474. The first-order valence-corrected chi connectivity index (χ1v) is 6.59. The largest absolute Gasteiger partial charge is 0.507 e. The smallest absolute Gasteiger partial charge is 0.124 e. The summed E-state index contributed by atoms with van der Waals surface area (Å²) in [5.74, 6) is 6.44. The number of aromatic hydroxyl groups is 1. The molecule has 0 bridgehead atoms. The van der Waals surface area contributed by atoms with Gasteiger partial charge < -0.3 is 5.11 Å². The van der Waals surface area contributed by atoms with Crippen LogP contribution in [0.25, 0.3) is 16.7 Å². The summed E-state index contributed by atoms with van der Waals surface area (Å²) < 4.78 is 0. The standard InChI is InChI=1S/C19H14O/c20-19-13-12-17(15-8-6-3-7-9-15)14-18(19)16-10-4-1-2-5-11-16/h1,3-4,6-10,12-14,20H,2H2. The van der Waals surface area contributed by atoms with Crippen molar-refractivity contribution in [3.63, 3.8) is 0 Å². The number of hydrogen-bond acceptors (Lipinski definition) is 1. The summed E-state index contributed by atoms with van der Waals surface area (Å²) in [7, 11) is 0. The van der Waals surface area contributed by atoms with Crippen molar-refractivity contribution in [2.75, 3.05) is 0 Å². The maximum atomic E-state index is 10.1. The number of hydrogen-bond donors (Lipinski definition) is 1. The van der Waals surface area contributed by atoms with Gasteiger partial charge in [0.2, 0.25) is 0 Å². The molecule has 1 heteroatoms. The Kier molecular flexibility index (Phi) is 3.39. The van der Waals surface area contributed by atoms with Crippen molar-refractivity contribution < 1.29 is 5.11 Å². The summed E-state index contributed by atoms with van der Waals surface area (Å²) in [6.45, 7) is 0. The summed E-state index contributed by atoms with van der Waals surface area (Å²) in [5, 5.41) is 10.1. The molecular formula is C19H14O. The SMILES string of the molecule is Oc1ccc(-c2ccccc2)cc1C1=CC=CCC#C1. The summed E-state index contributed by atoms with van der Waals surface area (Å²) >= 11 is 0. The third-order valence-electron chi connectivity index (χ3n) is 3.24. The lowest BCUT2D eigenvalue weighted by Gasteiger charge is -2.08. The number of allylic oxidation sites excluding steroid dienone is 4. The molecular weight excluding hydrogens is 244 g/mol. The molecule has 0 spiro atoms. The molecule has 0 amide bonds. The van der Waals surface area contributed by atoms with Crippen LogP contribution in [0.2, 0.25) is 0 Å². The molecule has 0 heterocycles. The second-order valence-corrected chi connectivity index (χ2v) is 4.61. The maximum Gasteiger partial charge on any atom is 0.124 e. The number of benzene rings is 2. The van der Waals surface area contributed by atoms with Gasteiger partial charge in [-0.25, -0.2) is 0 Å². The van der Waals surface area contributed by atoms with Crippen LogP contribution in [-0.2, 0) is 0 Å². The highest BCUT2D eigenvalue weighted by Gasteiger charge is 2.08. The zero-order valence-corrected chi connectivity index (χ0v) is 11.0. The second kappa shape index (κ2) is 5.50. The van der Waals surface area contributed by atoms with Crippen molar-refractivity contribution in [2.45, 2.75) is 6.42 Å². The van der Waals surface area contributed by atoms with Crippen molar-refractivity contribution in [1.82, 2.24) is 0 Å². The van der Waals surface area contributed by atoms with E-state index >= 15 is 0 Å². The van der Waals surface area contributed by atoms with E-state index < -0.39 is 0 Å². The van der Waals surface area contributed by atoms with Gasteiger partial charge in [0, 0.05) is 17.6 Å². The third kappa shape index (κ3) is 2.50. The van der Waals surface area contributed by atoms with Crippen LogP contribution in [0.15, 0.2) is 66.8 Å². The Morgan fingerprint density at radius 3 is 2.65 bits per heavy atom. The molecule has 1 aliphatic carbocycles. The minimum absolute atomic E-state index is 0.264.